The third-order valence-electron chi connectivity index (χ3n) is 3.15. The molecule has 0 saturated carbocycles. The summed E-state index contributed by atoms with van der Waals surface area (Å²) in [6.07, 6.45) is 2.34. The van der Waals surface area contributed by atoms with Gasteiger partial charge in [0.15, 0.2) is 0 Å². The predicted octanol–water partition coefficient (Wildman–Crippen LogP) is 3.37. The van der Waals surface area contributed by atoms with Crippen LogP contribution in [-0.4, -0.2) is 13.1 Å². The van der Waals surface area contributed by atoms with Crippen LogP contribution in [0.4, 0.5) is 0 Å². The normalized spacial score (nSPS) is 18.1. The van der Waals surface area contributed by atoms with Gasteiger partial charge in [0.2, 0.25) is 0 Å². The first kappa shape index (κ1) is 14.5. The van der Waals surface area contributed by atoms with Crippen LogP contribution in [0, 0.1) is 5.92 Å². The Morgan fingerprint density at radius 3 is 2.24 bits per heavy atom. The maximum absolute atomic E-state index is 6.25. The Hall–Kier alpha value is -0.570. The zero-order valence-electron chi connectivity index (χ0n) is 10.7. The Labute approximate surface area is 110 Å². The van der Waals surface area contributed by atoms with E-state index in [9.17, 15) is 0 Å². The summed E-state index contributed by atoms with van der Waals surface area (Å²) in [7, 11) is 0. The van der Waals surface area contributed by atoms with E-state index in [2.05, 4.69) is 5.32 Å². The third kappa shape index (κ3) is 4.30. The minimum atomic E-state index is 0.157. The standard InChI is InChI=1S/C12H17ClN2.C2H6/c13-11-3-1-9(2-4-11)12(14)10-5-7-15-8-6-10;1-2/h1-4,10,12,15H,5-8,14H2;1-2H3. The minimum absolute atomic E-state index is 0.157. The van der Waals surface area contributed by atoms with Gasteiger partial charge < -0.3 is 11.1 Å². The maximum atomic E-state index is 6.25. The molecule has 1 heterocycles. The van der Waals surface area contributed by atoms with E-state index < -0.39 is 0 Å². The molecule has 1 aromatic rings. The number of hydrogen-bond acceptors (Lipinski definition) is 2. The molecule has 1 aliphatic heterocycles. The van der Waals surface area contributed by atoms with Gasteiger partial charge in [-0.2, -0.15) is 0 Å². The molecule has 3 N–H and O–H groups in total. The maximum Gasteiger partial charge on any atom is 0.0406 e. The monoisotopic (exact) mass is 254 g/mol. The molecule has 1 saturated heterocycles. The van der Waals surface area contributed by atoms with Crippen LogP contribution in [0.2, 0.25) is 5.02 Å². The van der Waals surface area contributed by atoms with Crippen molar-refractivity contribution in [1.82, 2.24) is 5.32 Å². The molecule has 3 heteroatoms. The van der Waals surface area contributed by atoms with Crippen LogP contribution in [0.5, 0.6) is 0 Å². The minimum Gasteiger partial charge on any atom is -0.324 e. The van der Waals surface area contributed by atoms with E-state index in [4.69, 9.17) is 17.3 Å². The molecule has 96 valence electrons. The Morgan fingerprint density at radius 2 is 1.71 bits per heavy atom. The molecule has 0 amide bonds. The van der Waals surface area contributed by atoms with E-state index in [1.54, 1.807) is 0 Å². The molecular weight excluding hydrogens is 232 g/mol. The Balaban J connectivity index is 0.000000686. The van der Waals surface area contributed by atoms with Gasteiger partial charge in [-0.1, -0.05) is 37.6 Å². The van der Waals surface area contributed by atoms with E-state index in [1.165, 1.54) is 18.4 Å². The van der Waals surface area contributed by atoms with Crippen molar-refractivity contribution in [1.29, 1.82) is 0 Å². The fourth-order valence-corrected chi connectivity index (χ4v) is 2.29. The van der Waals surface area contributed by atoms with Crippen molar-refractivity contribution in [3.05, 3.63) is 34.9 Å². The second-order valence-corrected chi connectivity index (χ2v) is 4.60. The summed E-state index contributed by atoms with van der Waals surface area (Å²) in [5.41, 5.74) is 7.45. The highest BCUT2D eigenvalue weighted by Crippen LogP contribution is 2.27. The Morgan fingerprint density at radius 1 is 1.18 bits per heavy atom. The first-order valence-electron chi connectivity index (χ1n) is 6.49. The molecule has 2 rings (SSSR count). The number of nitrogens with two attached hydrogens (primary N) is 1. The van der Waals surface area contributed by atoms with Crippen molar-refractivity contribution in [3.8, 4) is 0 Å². The summed E-state index contributed by atoms with van der Waals surface area (Å²) < 4.78 is 0. The quantitative estimate of drug-likeness (QED) is 0.849. The molecular formula is C14H23ClN2. The zero-order valence-corrected chi connectivity index (χ0v) is 11.5. The second kappa shape index (κ2) is 7.70. The second-order valence-electron chi connectivity index (χ2n) is 4.16. The first-order chi connectivity index (χ1) is 8.27. The largest absolute Gasteiger partial charge is 0.324 e. The molecule has 1 atom stereocenters. The molecule has 0 aliphatic carbocycles. The van der Waals surface area contributed by atoms with E-state index in [0.717, 1.165) is 18.1 Å². The van der Waals surface area contributed by atoms with Crippen LogP contribution in [0.25, 0.3) is 0 Å². The van der Waals surface area contributed by atoms with Crippen molar-refractivity contribution < 1.29 is 0 Å². The lowest BCUT2D eigenvalue weighted by Crippen LogP contribution is -2.33. The molecule has 1 fully saturated rings. The first-order valence-corrected chi connectivity index (χ1v) is 6.87. The van der Waals surface area contributed by atoms with Crippen LogP contribution in [0.3, 0.4) is 0 Å². The molecule has 0 aromatic heterocycles. The lowest BCUT2D eigenvalue weighted by Gasteiger charge is -2.28. The highest BCUT2D eigenvalue weighted by atomic mass is 35.5. The van der Waals surface area contributed by atoms with Gasteiger partial charge in [0.25, 0.3) is 0 Å². The Bertz CT molecular complexity index is 305. The topological polar surface area (TPSA) is 38.0 Å². The van der Waals surface area contributed by atoms with Gasteiger partial charge in [0, 0.05) is 11.1 Å². The van der Waals surface area contributed by atoms with Crippen molar-refractivity contribution in [2.75, 3.05) is 13.1 Å². The van der Waals surface area contributed by atoms with Crippen molar-refractivity contribution in [3.63, 3.8) is 0 Å². The van der Waals surface area contributed by atoms with Crippen molar-refractivity contribution in [2.45, 2.75) is 32.7 Å². The van der Waals surface area contributed by atoms with Gasteiger partial charge in [-0.3, -0.25) is 0 Å². The van der Waals surface area contributed by atoms with Crippen molar-refractivity contribution >= 4 is 11.6 Å². The van der Waals surface area contributed by atoms with E-state index in [-0.39, 0.29) is 6.04 Å². The van der Waals surface area contributed by atoms with E-state index in [0.29, 0.717) is 5.92 Å². The molecule has 0 bridgehead atoms. The van der Waals surface area contributed by atoms with Gasteiger partial charge >= 0.3 is 0 Å². The van der Waals surface area contributed by atoms with E-state index >= 15 is 0 Å². The van der Waals surface area contributed by atoms with Gasteiger partial charge in [-0.15, -0.1) is 0 Å². The van der Waals surface area contributed by atoms with Gasteiger partial charge in [0.1, 0.15) is 0 Å². The molecule has 0 radical (unpaired) electrons. The summed E-state index contributed by atoms with van der Waals surface area (Å²) in [4.78, 5) is 0. The number of rotatable bonds is 2. The molecule has 1 unspecified atom stereocenters. The average Bonchev–Trinajstić information content (AvgIpc) is 2.42. The van der Waals surface area contributed by atoms with Crippen LogP contribution >= 0.6 is 11.6 Å². The predicted molar refractivity (Wildman–Crippen MR) is 75.3 cm³/mol. The van der Waals surface area contributed by atoms with E-state index in [1.807, 2.05) is 38.1 Å². The highest BCUT2D eigenvalue weighted by Gasteiger charge is 2.21. The summed E-state index contributed by atoms with van der Waals surface area (Å²) >= 11 is 5.85. The highest BCUT2D eigenvalue weighted by molar-refractivity contribution is 6.30. The number of piperidine rings is 1. The lowest BCUT2D eigenvalue weighted by molar-refractivity contribution is 0.322. The summed E-state index contributed by atoms with van der Waals surface area (Å²) in [5, 5.41) is 4.13. The van der Waals surface area contributed by atoms with Crippen LogP contribution in [-0.2, 0) is 0 Å². The van der Waals surface area contributed by atoms with Crippen LogP contribution in [0.1, 0.15) is 38.3 Å². The zero-order chi connectivity index (χ0) is 12.7. The fraction of sp³-hybridized carbons (Fsp3) is 0.571. The van der Waals surface area contributed by atoms with Gasteiger partial charge in [-0.05, 0) is 49.5 Å². The lowest BCUT2D eigenvalue weighted by atomic mass is 9.87. The summed E-state index contributed by atoms with van der Waals surface area (Å²) in [6.45, 7) is 6.18. The van der Waals surface area contributed by atoms with Crippen molar-refractivity contribution in [2.24, 2.45) is 11.7 Å². The average molecular weight is 255 g/mol. The smallest absolute Gasteiger partial charge is 0.0406 e. The SMILES string of the molecule is CC.NC(c1ccc(Cl)cc1)C1CCNCC1. The number of benzene rings is 1. The van der Waals surface area contributed by atoms with Gasteiger partial charge in [0.05, 0.1) is 0 Å². The summed E-state index contributed by atoms with van der Waals surface area (Å²) in [6, 6.07) is 8.06. The molecule has 2 nitrogen and oxygen atoms in total. The Kier molecular flexibility index (Phi) is 6.56. The summed E-state index contributed by atoms with van der Waals surface area (Å²) in [5.74, 6) is 0.604. The number of nitrogens with one attached hydrogen (secondary N) is 1. The van der Waals surface area contributed by atoms with Crippen LogP contribution < -0.4 is 11.1 Å². The molecule has 0 spiro atoms. The molecule has 17 heavy (non-hydrogen) atoms. The number of hydrogen-bond donors (Lipinski definition) is 2. The fourth-order valence-electron chi connectivity index (χ4n) is 2.16. The molecule has 1 aromatic carbocycles. The number of halogens is 1. The van der Waals surface area contributed by atoms with Gasteiger partial charge in [-0.25, -0.2) is 0 Å². The third-order valence-corrected chi connectivity index (χ3v) is 3.40. The van der Waals surface area contributed by atoms with Crippen LogP contribution in [0.15, 0.2) is 24.3 Å². The molecule has 1 aliphatic rings.